The monoisotopic (exact) mass is 434 g/mol. The Hall–Kier alpha value is -3.59. The summed E-state index contributed by atoms with van der Waals surface area (Å²) in [5, 5.41) is 8.64. The van der Waals surface area contributed by atoms with E-state index in [9.17, 15) is 0 Å². The van der Waals surface area contributed by atoms with E-state index in [4.69, 9.17) is 14.2 Å². The second-order valence-corrected chi connectivity index (χ2v) is 7.22. The Kier molecular flexibility index (Phi) is 7.54. The molecule has 0 saturated carbocycles. The van der Waals surface area contributed by atoms with Gasteiger partial charge in [-0.15, -0.1) is 5.11 Å². The standard InChI is InChI=1S/C23H26N6O3/c1-18-5-4-6-19(15-18)17-25-28-20-16-21(29-9-11-30-12-10-29)27-23(26-20)32-14-13-31-22-7-2-3-8-24-22/h2-8,15-16H,9-14,17H2,1H3. The minimum absolute atomic E-state index is 0.239. The maximum Gasteiger partial charge on any atom is 0.320 e. The van der Waals surface area contributed by atoms with Crippen LogP contribution >= 0.6 is 0 Å². The van der Waals surface area contributed by atoms with Crippen molar-refractivity contribution in [2.24, 2.45) is 10.2 Å². The number of nitrogens with zero attached hydrogens (tertiary/aromatic N) is 6. The van der Waals surface area contributed by atoms with Crippen LogP contribution in [0, 0.1) is 6.92 Å². The zero-order valence-electron chi connectivity index (χ0n) is 18.1. The molecule has 2 aromatic heterocycles. The molecule has 32 heavy (non-hydrogen) atoms. The second-order valence-electron chi connectivity index (χ2n) is 7.22. The first-order valence-electron chi connectivity index (χ1n) is 10.6. The third kappa shape index (κ3) is 6.45. The molecule has 0 aliphatic carbocycles. The van der Waals surface area contributed by atoms with Gasteiger partial charge in [-0.2, -0.15) is 15.1 Å². The molecule has 3 aromatic rings. The lowest BCUT2D eigenvalue weighted by Gasteiger charge is -2.27. The molecule has 3 heterocycles. The number of rotatable bonds is 9. The molecule has 1 aliphatic rings. The fraction of sp³-hybridized carbons (Fsp3) is 0.348. The summed E-state index contributed by atoms with van der Waals surface area (Å²) in [6, 6.07) is 15.7. The molecule has 0 spiro atoms. The van der Waals surface area contributed by atoms with Gasteiger partial charge in [-0.05, 0) is 18.6 Å². The third-order valence-corrected chi connectivity index (χ3v) is 4.72. The van der Waals surface area contributed by atoms with Crippen LogP contribution in [0.5, 0.6) is 11.9 Å². The molecule has 0 bridgehead atoms. The highest BCUT2D eigenvalue weighted by Crippen LogP contribution is 2.23. The van der Waals surface area contributed by atoms with Crippen molar-refractivity contribution in [1.29, 1.82) is 0 Å². The molecule has 9 heteroatoms. The lowest BCUT2D eigenvalue weighted by molar-refractivity contribution is 0.122. The number of hydrogen-bond acceptors (Lipinski definition) is 9. The molecular formula is C23H26N6O3. The summed E-state index contributed by atoms with van der Waals surface area (Å²) >= 11 is 0. The lowest BCUT2D eigenvalue weighted by Crippen LogP contribution is -2.36. The summed E-state index contributed by atoms with van der Waals surface area (Å²) in [4.78, 5) is 15.2. The van der Waals surface area contributed by atoms with Crippen LogP contribution < -0.4 is 14.4 Å². The van der Waals surface area contributed by atoms with Crippen LogP contribution in [0.3, 0.4) is 0 Å². The molecule has 0 amide bonds. The zero-order valence-corrected chi connectivity index (χ0v) is 18.1. The van der Waals surface area contributed by atoms with E-state index in [1.54, 1.807) is 12.3 Å². The third-order valence-electron chi connectivity index (χ3n) is 4.72. The Labute approximate surface area is 187 Å². The predicted octanol–water partition coefficient (Wildman–Crippen LogP) is 3.76. The van der Waals surface area contributed by atoms with Gasteiger partial charge in [0, 0.05) is 31.4 Å². The summed E-state index contributed by atoms with van der Waals surface area (Å²) in [5.74, 6) is 1.74. The van der Waals surface area contributed by atoms with Gasteiger partial charge in [0.05, 0.1) is 19.8 Å². The number of aryl methyl sites for hydroxylation is 1. The van der Waals surface area contributed by atoms with Crippen molar-refractivity contribution in [3.05, 3.63) is 65.9 Å². The van der Waals surface area contributed by atoms with Crippen molar-refractivity contribution in [3.63, 3.8) is 0 Å². The number of anilines is 1. The highest BCUT2D eigenvalue weighted by Gasteiger charge is 2.15. The number of aromatic nitrogens is 3. The van der Waals surface area contributed by atoms with E-state index in [0.717, 1.165) is 24.5 Å². The van der Waals surface area contributed by atoms with E-state index in [2.05, 4.69) is 49.1 Å². The van der Waals surface area contributed by atoms with Gasteiger partial charge in [-0.25, -0.2) is 4.98 Å². The average Bonchev–Trinajstić information content (AvgIpc) is 2.83. The van der Waals surface area contributed by atoms with Crippen LogP contribution in [-0.2, 0) is 11.3 Å². The highest BCUT2D eigenvalue weighted by atomic mass is 16.5. The summed E-state index contributed by atoms with van der Waals surface area (Å²) in [7, 11) is 0. The Morgan fingerprint density at radius 2 is 1.88 bits per heavy atom. The van der Waals surface area contributed by atoms with Gasteiger partial charge in [0.15, 0.2) is 5.82 Å². The van der Waals surface area contributed by atoms with Gasteiger partial charge in [0.1, 0.15) is 19.0 Å². The Bertz CT molecular complexity index is 1030. The Morgan fingerprint density at radius 3 is 2.69 bits per heavy atom. The van der Waals surface area contributed by atoms with Crippen molar-refractivity contribution < 1.29 is 14.2 Å². The van der Waals surface area contributed by atoms with Gasteiger partial charge in [-0.1, -0.05) is 35.9 Å². The molecule has 9 nitrogen and oxygen atoms in total. The topological polar surface area (TPSA) is 94.3 Å². The van der Waals surface area contributed by atoms with Gasteiger partial charge in [0.25, 0.3) is 0 Å². The molecule has 0 unspecified atom stereocenters. The quantitative estimate of drug-likeness (QED) is 0.374. The number of azo groups is 1. The SMILES string of the molecule is Cc1cccc(CN=Nc2cc(N3CCOCC3)nc(OCCOc3ccccn3)n2)c1. The molecule has 1 fully saturated rings. The van der Waals surface area contributed by atoms with Crippen LogP contribution in [0.2, 0.25) is 0 Å². The fourth-order valence-corrected chi connectivity index (χ4v) is 3.18. The van der Waals surface area contributed by atoms with E-state index in [-0.39, 0.29) is 12.6 Å². The van der Waals surface area contributed by atoms with Crippen molar-refractivity contribution >= 4 is 11.6 Å². The first-order valence-corrected chi connectivity index (χ1v) is 10.6. The first-order chi connectivity index (χ1) is 15.8. The van der Waals surface area contributed by atoms with Crippen molar-refractivity contribution in [2.45, 2.75) is 13.5 Å². The maximum absolute atomic E-state index is 5.75. The minimum atomic E-state index is 0.239. The normalized spacial score (nSPS) is 14.0. The summed E-state index contributed by atoms with van der Waals surface area (Å²) in [5.41, 5.74) is 2.29. The van der Waals surface area contributed by atoms with Gasteiger partial charge < -0.3 is 19.1 Å². The van der Waals surface area contributed by atoms with Crippen LogP contribution in [0.15, 0.2) is 65.0 Å². The van der Waals surface area contributed by atoms with E-state index in [1.807, 2.05) is 30.3 Å². The van der Waals surface area contributed by atoms with Crippen molar-refractivity contribution in [3.8, 4) is 11.9 Å². The molecule has 0 radical (unpaired) electrons. The van der Waals surface area contributed by atoms with Crippen LogP contribution in [-0.4, -0.2) is 54.5 Å². The molecule has 0 atom stereocenters. The summed E-state index contributed by atoms with van der Waals surface area (Å²) < 4.78 is 16.8. The molecular weight excluding hydrogens is 408 g/mol. The number of hydrogen-bond donors (Lipinski definition) is 0. The summed E-state index contributed by atoms with van der Waals surface area (Å²) in [6.07, 6.45) is 1.68. The Balaban J connectivity index is 1.42. The largest absolute Gasteiger partial charge is 0.474 e. The average molecular weight is 435 g/mol. The van der Waals surface area contributed by atoms with Gasteiger partial charge >= 0.3 is 6.01 Å². The van der Waals surface area contributed by atoms with Crippen LogP contribution in [0.1, 0.15) is 11.1 Å². The lowest BCUT2D eigenvalue weighted by atomic mass is 10.1. The number of benzene rings is 1. The van der Waals surface area contributed by atoms with Gasteiger partial charge in [-0.3, -0.25) is 0 Å². The number of morpholine rings is 1. The molecule has 4 rings (SSSR count). The van der Waals surface area contributed by atoms with Gasteiger partial charge in [0.2, 0.25) is 5.88 Å². The zero-order chi connectivity index (χ0) is 22.0. The fourth-order valence-electron chi connectivity index (χ4n) is 3.18. The van der Waals surface area contributed by atoms with E-state index in [0.29, 0.717) is 38.1 Å². The minimum Gasteiger partial charge on any atom is -0.474 e. The second kappa shape index (κ2) is 11.1. The predicted molar refractivity (Wildman–Crippen MR) is 120 cm³/mol. The molecule has 1 saturated heterocycles. The number of ether oxygens (including phenoxy) is 3. The Morgan fingerprint density at radius 1 is 1.00 bits per heavy atom. The van der Waals surface area contributed by atoms with Crippen molar-refractivity contribution in [1.82, 2.24) is 15.0 Å². The molecule has 0 N–H and O–H groups in total. The van der Waals surface area contributed by atoms with Crippen LogP contribution in [0.4, 0.5) is 11.6 Å². The van der Waals surface area contributed by atoms with E-state index >= 15 is 0 Å². The highest BCUT2D eigenvalue weighted by molar-refractivity contribution is 5.47. The maximum atomic E-state index is 5.75. The van der Waals surface area contributed by atoms with Crippen LogP contribution in [0.25, 0.3) is 0 Å². The number of pyridine rings is 1. The first kappa shape index (κ1) is 21.6. The molecule has 1 aliphatic heterocycles. The molecule has 166 valence electrons. The smallest absolute Gasteiger partial charge is 0.320 e. The van der Waals surface area contributed by atoms with E-state index in [1.165, 1.54) is 5.56 Å². The van der Waals surface area contributed by atoms with E-state index < -0.39 is 0 Å². The summed E-state index contributed by atoms with van der Waals surface area (Å²) in [6.45, 7) is 5.95. The molecule has 1 aromatic carbocycles. The van der Waals surface area contributed by atoms with Crippen molar-refractivity contribution in [2.75, 3.05) is 44.4 Å².